The zero-order valence-electron chi connectivity index (χ0n) is 34.5. The molecule has 49 heavy (non-hydrogen) atoms. The topological polar surface area (TPSA) is 75.7 Å². The molecule has 0 aromatic carbocycles. The molecule has 0 saturated heterocycles. The molecule has 0 amide bonds. The lowest BCUT2D eigenvalue weighted by Gasteiger charge is -2.34. The van der Waals surface area contributed by atoms with Crippen molar-refractivity contribution >= 4 is 22.6 Å². The van der Waals surface area contributed by atoms with Crippen molar-refractivity contribution in [1.29, 1.82) is 0 Å². The molecule has 5 nitrogen and oxygen atoms in total. The van der Waals surface area contributed by atoms with Crippen LogP contribution in [0.5, 0.6) is 0 Å². The number of hydrogen-bond acceptors (Lipinski definition) is 5. The standard InChI is InChI=1S/C21H29NO2.C12H19NO.C7H16.C4H10/c1-13(23)18-12-17-19(24-18)15(20(2,3)4)11-16(22-17)14-7-9-21(5,6)10-8-14;1-6-7-10(4)13-8-12(9(2)3)11(5)14;1-5-6-7(2,3)4;1-3-4-2/h11-12,14H,7-10H2,1-6H3;8,14H,2,5-7H2,1,3-4H3;5-6H2,1-4H3;3-4H2,1-2H3/b;12-8+,13-10?;;. The Bertz CT molecular complexity index is 1360. The minimum Gasteiger partial charge on any atom is -0.508 e. The summed E-state index contributed by atoms with van der Waals surface area (Å²) < 4.78 is 5.85. The van der Waals surface area contributed by atoms with E-state index in [1.165, 1.54) is 57.1 Å². The van der Waals surface area contributed by atoms with E-state index in [-0.39, 0.29) is 17.0 Å². The number of aromatic nitrogens is 1. The number of fused-ring (bicyclic) bond motifs is 1. The predicted molar refractivity (Wildman–Crippen MR) is 215 cm³/mol. The van der Waals surface area contributed by atoms with Crippen LogP contribution in [0.25, 0.3) is 11.1 Å². The maximum absolute atomic E-state index is 11.7. The molecule has 278 valence electrons. The molecule has 2 aromatic rings. The van der Waals surface area contributed by atoms with Crippen LogP contribution in [-0.4, -0.2) is 21.6 Å². The van der Waals surface area contributed by atoms with Gasteiger partial charge < -0.3 is 9.52 Å². The van der Waals surface area contributed by atoms with E-state index in [4.69, 9.17) is 9.40 Å². The summed E-state index contributed by atoms with van der Waals surface area (Å²) in [7, 11) is 0. The normalized spacial score (nSPS) is 15.2. The Balaban J connectivity index is 0.000000778. The minimum absolute atomic E-state index is 0.0190. The summed E-state index contributed by atoms with van der Waals surface area (Å²) in [6.07, 6.45) is 13.8. The second-order valence-corrected chi connectivity index (χ2v) is 16.9. The van der Waals surface area contributed by atoms with Crippen LogP contribution >= 0.6 is 0 Å². The number of pyridine rings is 1. The molecule has 0 atom stereocenters. The highest BCUT2D eigenvalue weighted by Gasteiger charge is 2.30. The van der Waals surface area contributed by atoms with Crippen LogP contribution < -0.4 is 0 Å². The van der Waals surface area contributed by atoms with Crippen LogP contribution in [0, 0.1) is 10.8 Å². The monoisotopic (exact) mass is 679 g/mol. The number of furan rings is 1. The smallest absolute Gasteiger partial charge is 0.195 e. The van der Waals surface area contributed by atoms with Gasteiger partial charge in [0.05, 0.1) is 0 Å². The molecule has 2 aromatic heterocycles. The third-order valence-corrected chi connectivity index (χ3v) is 8.71. The number of Topliss-reactive ketones (excluding diaryl/α,β-unsaturated/α-hetero) is 1. The Morgan fingerprint density at radius 3 is 1.88 bits per heavy atom. The molecular formula is C44H74N2O3. The third kappa shape index (κ3) is 18.0. The maximum Gasteiger partial charge on any atom is 0.195 e. The second-order valence-electron chi connectivity index (χ2n) is 16.9. The van der Waals surface area contributed by atoms with Gasteiger partial charge in [0, 0.05) is 47.7 Å². The zero-order chi connectivity index (χ0) is 38.2. The first-order valence-corrected chi connectivity index (χ1v) is 18.8. The number of unbranched alkanes of at least 4 members (excludes halogenated alkanes) is 1. The Kier molecular flexibility index (Phi) is 20.0. The molecule has 0 radical (unpaired) electrons. The van der Waals surface area contributed by atoms with Crippen LogP contribution in [-0.2, 0) is 5.41 Å². The third-order valence-electron chi connectivity index (χ3n) is 8.71. The summed E-state index contributed by atoms with van der Waals surface area (Å²) in [5.74, 6) is 0.892. The van der Waals surface area contributed by atoms with Crippen molar-refractivity contribution in [2.24, 2.45) is 15.8 Å². The van der Waals surface area contributed by atoms with E-state index in [0.717, 1.165) is 40.8 Å². The first-order valence-electron chi connectivity index (χ1n) is 18.8. The van der Waals surface area contributed by atoms with E-state index in [9.17, 15) is 9.90 Å². The zero-order valence-corrected chi connectivity index (χ0v) is 34.5. The molecular weight excluding hydrogens is 604 g/mol. The van der Waals surface area contributed by atoms with Crippen molar-refractivity contribution in [3.8, 4) is 0 Å². The first-order chi connectivity index (χ1) is 22.5. The SMILES string of the molecule is C=C(C)/C(=C\N=C(C)CCC)C(=C)O.CC(=O)c1cc2nc(C3CCC(C)(C)CC3)cc(C(C)(C)C)c2o1.CCCC.CCCC(C)(C)C. The van der Waals surface area contributed by atoms with E-state index < -0.39 is 0 Å². The molecule has 0 spiro atoms. The molecule has 0 bridgehead atoms. The van der Waals surface area contributed by atoms with Gasteiger partial charge in [-0.3, -0.25) is 9.79 Å². The van der Waals surface area contributed by atoms with E-state index in [2.05, 4.69) is 107 Å². The number of rotatable bonds is 9. The summed E-state index contributed by atoms with van der Waals surface area (Å²) >= 11 is 0. The second kappa shape index (κ2) is 21.3. The molecule has 1 saturated carbocycles. The maximum atomic E-state index is 11.7. The molecule has 1 aliphatic rings. The predicted octanol–water partition coefficient (Wildman–Crippen LogP) is 14.4. The average molecular weight is 679 g/mol. The van der Waals surface area contributed by atoms with Crippen molar-refractivity contribution in [3.63, 3.8) is 0 Å². The van der Waals surface area contributed by atoms with Crippen LogP contribution in [0.3, 0.4) is 0 Å². The number of carbonyl (C=O) groups is 1. The number of ketones is 1. The number of hydrogen-bond donors (Lipinski definition) is 1. The van der Waals surface area contributed by atoms with Crippen molar-refractivity contribution in [2.45, 2.75) is 179 Å². The number of carbonyl (C=O) groups excluding carboxylic acids is 1. The molecule has 1 aliphatic carbocycles. The Hall–Kier alpha value is -2.95. The van der Waals surface area contributed by atoms with Crippen LogP contribution in [0.2, 0.25) is 0 Å². The lowest BCUT2D eigenvalue weighted by atomic mass is 9.72. The highest BCUT2D eigenvalue weighted by atomic mass is 16.3. The highest BCUT2D eigenvalue weighted by molar-refractivity contribution is 5.95. The van der Waals surface area contributed by atoms with Crippen molar-refractivity contribution < 1.29 is 14.3 Å². The van der Waals surface area contributed by atoms with Gasteiger partial charge in [-0.05, 0) is 80.3 Å². The summed E-state index contributed by atoms with van der Waals surface area (Å²) in [5.41, 5.74) is 7.30. The van der Waals surface area contributed by atoms with E-state index in [1.54, 1.807) is 13.1 Å². The van der Waals surface area contributed by atoms with Crippen molar-refractivity contribution in [3.05, 3.63) is 65.4 Å². The summed E-state index contributed by atoms with van der Waals surface area (Å²) in [5, 5.41) is 9.23. The van der Waals surface area contributed by atoms with Gasteiger partial charge in [-0.15, -0.1) is 0 Å². The molecule has 2 heterocycles. The summed E-state index contributed by atoms with van der Waals surface area (Å²) in [6.45, 7) is 39.3. The molecule has 3 rings (SSSR count). The quantitative estimate of drug-likeness (QED) is 0.124. The number of aliphatic hydroxyl groups excluding tert-OH is 1. The molecule has 1 fully saturated rings. The summed E-state index contributed by atoms with van der Waals surface area (Å²) in [6, 6.07) is 4.03. The van der Waals surface area contributed by atoms with Gasteiger partial charge in [0.2, 0.25) is 0 Å². The first kappa shape index (κ1) is 46.0. The van der Waals surface area contributed by atoms with Crippen LogP contribution in [0.4, 0.5) is 0 Å². The molecule has 1 N–H and O–H groups in total. The van der Waals surface area contributed by atoms with E-state index >= 15 is 0 Å². The van der Waals surface area contributed by atoms with Crippen LogP contribution in [0.15, 0.2) is 57.8 Å². The Labute approximate surface area is 301 Å². The van der Waals surface area contributed by atoms with Gasteiger partial charge >= 0.3 is 0 Å². The fourth-order valence-electron chi connectivity index (χ4n) is 5.46. The molecule has 5 heteroatoms. The van der Waals surface area contributed by atoms with Crippen molar-refractivity contribution in [1.82, 2.24) is 4.98 Å². The minimum atomic E-state index is -0.0474. The van der Waals surface area contributed by atoms with Crippen molar-refractivity contribution in [2.75, 3.05) is 0 Å². The van der Waals surface area contributed by atoms with Crippen LogP contribution in [0.1, 0.15) is 196 Å². The number of aliphatic hydroxyl groups is 1. The van der Waals surface area contributed by atoms with E-state index in [0.29, 0.717) is 28.1 Å². The fraction of sp³-hybridized carbons (Fsp3) is 0.659. The Morgan fingerprint density at radius 2 is 1.51 bits per heavy atom. The number of nitrogens with zero attached hydrogens (tertiary/aromatic N) is 2. The van der Waals surface area contributed by atoms with Gasteiger partial charge in [0.25, 0.3) is 0 Å². The largest absolute Gasteiger partial charge is 0.508 e. The van der Waals surface area contributed by atoms with Gasteiger partial charge in [0.1, 0.15) is 11.3 Å². The summed E-state index contributed by atoms with van der Waals surface area (Å²) in [4.78, 5) is 20.8. The number of aliphatic imine (C=N–C) groups is 1. The van der Waals surface area contributed by atoms with Gasteiger partial charge in [-0.2, -0.15) is 0 Å². The fourth-order valence-corrected chi connectivity index (χ4v) is 5.46. The molecule has 0 aliphatic heterocycles. The van der Waals surface area contributed by atoms with E-state index in [1.807, 2.05) is 19.9 Å². The lowest BCUT2D eigenvalue weighted by molar-refractivity contribution is 0.0989. The Morgan fingerprint density at radius 1 is 0.959 bits per heavy atom. The number of allylic oxidation sites excluding steroid dienone is 1. The van der Waals surface area contributed by atoms with Gasteiger partial charge in [-0.25, -0.2) is 4.98 Å². The average Bonchev–Trinajstić information content (AvgIpc) is 3.41. The highest BCUT2D eigenvalue weighted by Crippen LogP contribution is 2.43. The lowest BCUT2D eigenvalue weighted by Crippen LogP contribution is -2.21. The molecule has 0 unspecified atom stereocenters. The van der Waals surface area contributed by atoms with Gasteiger partial charge in [0.15, 0.2) is 17.1 Å². The van der Waals surface area contributed by atoms with Gasteiger partial charge in [-0.1, -0.05) is 122 Å².